The Kier molecular flexibility index (Phi) is 7.02. The second-order valence-electron chi connectivity index (χ2n) is 6.69. The summed E-state index contributed by atoms with van der Waals surface area (Å²) < 4.78 is 25.6. The summed E-state index contributed by atoms with van der Waals surface area (Å²) >= 11 is 0. The van der Waals surface area contributed by atoms with Gasteiger partial charge in [-0.05, 0) is 31.0 Å². The first-order valence-electron chi connectivity index (χ1n) is 8.90. The van der Waals surface area contributed by atoms with Crippen LogP contribution in [-0.2, 0) is 19.6 Å². The van der Waals surface area contributed by atoms with Crippen molar-refractivity contribution in [1.82, 2.24) is 5.32 Å². The van der Waals surface area contributed by atoms with Crippen molar-refractivity contribution in [3.05, 3.63) is 24.3 Å². The van der Waals surface area contributed by atoms with Gasteiger partial charge in [-0.3, -0.25) is 13.9 Å². The molecule has 1 aromatic rings. The summed E-state index contributed by atoms with van der Waals surface area (Å²) in [5.74, 6) is -0.184. The number of hydrogen-bond acceptors (Lipinski definition) is 4. The molecule has 2 rings (SSSR count). The number of hydrogen-bond donors (Lipinski definition) is 2. The number of nitrogens with one attached hydrogen (secondary N) is 2. The smallest absolute Gasteiger partial charge is 0.232 e. The second-order valence-corrected chi connectivity index (χ2v) is 8.60. The van der Waals surface area contributed by atoms with Crippen molar-refractivity contribution in [2.24, 2.45) is 5.92 Å². The fourth-order valence-electron chi connectivity index (χ4n) is 3.22. The summed E-state index contributed by atoms with van der Waals surface area (Å²) in [7, 11) is -3.52. The van der Waals surface area contributed by atoms with Crippen molar-refractivity contribution in [2.75, 3.05) is 29.0 Å². The quantitative estimate of drug-likeness (QED) is 0.756. The molecule has 0 bridgehead atoms. The molecule has 2 N–H and O–H groups in total. The van der Waals surface area contributed by atoms with Gasteiger partial charge < -0.3 is 10.6 Å². The SMILES string of the molecule is CC(=O)Nc1cccc(N(CCNC(=O)C2CCCCC2)S(C)(=O)=O)c1. The van der Waals surface area contributed by atoms with Crippen LogP contribution in [0.3, 0.4) is 0 Å². The number of benzene rings is 1. The third kappa shape index (κ3) is 6.01. The van der Waals surface area contributed by atoms with Crippen LogP contribution >= 0.6 is 0 Å². The minimum Gasteiger partial charge on any atom is -0.354 e. The molecule has 1 aromatic carbocycles. The van der Waals surface area contributed by atoms with E-state index < -0.39 is 10.0 Å². The number of amides is 2. The van der Waals surface area contributed by atoms with Crippen LogP contribution < -0.4 is 14.9 Å². The molecule has 0 saturated heterocycles. The number of sulfonamides is 1. The summed E-state index contributed by atoms with van der Waals surface area (Å²) in [4.78, 5) is 23.4. The molecule has 1 aliphatic carbocycles. The van der Waals surface area contributed by atoms with E-state index >= 15 is 0 Å². The molecule has 144 valence electrons. The number of nitrogens with zero attached hydrogens (tertiary/aromatic N) is 1. The minimum absolute atomic E-state index is 0.00477. The fraction of sp³-hybridized carbons (Fsp3) is 0.556. The van der Waals surface area contributed by atoms with Crippen LogP contribution in [0.1, 0.15) is 39.0 Å². The summed E-state index contributed by atoms with van der Waals surface area (Å²) in [6.07, 6.45) is 6.26. The monoisotopic (exact) mass is 381 g/mol. The summed E-state index contributed by atoms with van der Waals surface area (Å²) in [6.45, 7) is 1.77. The van der Waals surface area contributed by atoms with Gasteiger partial charge in [0.15, 0.2) is 0 Å². The molecule has 0 unspecified atom stereocenters. The van der Waals surface area contributed by atoms with E-state index in [9.17, 15) is 18.0 Å². The van der Waals surface area contributed by atoms with Gasteiger partial charge in [-0.15, -0.1) is 0 Å². The molecule has 0 atom stereocenters. The van der Waals surface area contributed by atoms with Gasteiger partial charge in [-0.25, -0.2) is 8.42 Å². The Hall–Kier alpha value is -2.09. The average Bonchev–Trinajstić information content (AvgIpc) is 2.58. The van der Waals surface area contributed by atoms with Crippen molar-refractivity contribution in [3.63, 3.8) is 0 Å². The van der Waals surface area contributed by atoms with Gasteiger partial charge in [-0.1, -0.05) is 25.3 Å². The molecule has 0 aromatic heterocycles. The Labute approximate surface area is 155 Å². The molecule has 0 radical (unpaired) electrons. The molecular formula is C18H27N3O4S. The third-order valence-corrected chi connectivity index (χ3v) is 5.64. The predicted molar refractivity (Wildman–Crippen MR) is 103 cm³/mol. The molecule has 0 spiro atoms. The molecule has 0 aliphatic heterocycles. The number of anilines is 2. The average molecular weight is 381 g/mol. The predicted octanol–water partition coefficient (Wildman–Crippen LogP) is 2.11. The molecule has 26 heavy (non-hydrogen) atoms. The van der Waals surface area contributed by atoms with Gasteiger partial charge >= 0.3 is 0 Å². The Morgan fingerprint density at radius 1 is 1.19 bits per heavy atom. The lowest BCUT2D eigenvalue weighted by molar-refractivity contribution is -0.125. The summed E-state index contributed by atoms with van der Waals surface area (Å²) in [6, 6.07) is 6.64. The Morgan fingerprint density at radius 2 is 1.88 bits per heavy atom. The molecule has 0 heterocycles. The molecule has 7 nitrogen and oxygen atoms in total. The van der Waals surface area contributed by atoms with E-state index in [4.69, 9.17) is 0 Å². The maximum Gasteiger partial charge on any atom is 0.232 e. The van der Waals surface area contributed by atoms with Crippen molar-refractivity contribution < 1.29 is 18.0 Å². The first kappa shape index (κ1) is 20.2. The van der Waals surface area contributed by atoms with Gasteiger partial charge in [0.05, 0.1) is 18.5 Å². The summed E-state index contributed by atoms with van der Waals surface area (Å²) in [5, 5.41) is 5.50. The third-order valence-electron chi connectivity index (χ3n) is 4.44. The summed E-state index contributed by atoms with van der Waals surface area (Å²) in [5.41, 5.74) is 0.973. The van der Waals surface area contributed by atoms with Gasteiger partial charge in [0.2, 0.25) is 21.8 Å². The lowest BCUT2D eigenvalue weighted by atomic mass is 9.89. The maximum absolute atomic E-state index is 12.2. The van der Waals surface area contributed by atoms with Crippen LogP contribution in [0.4, 0.5) is 11.4 Å². The van der Waals surface area contributed by atoms with Crippen LogP contribution in [0.2, 0.25) is 0 Å². The highest BCUT2D eigenvalue weighted by molar-refractivity contribution is 7.92. The van der Waals surface area contributed by atoms with E-state index in [-0.39, 0.29) is 30.8 Å². The van der Waals surface area contributed by atoms with Crippen LogP contribution in [0.15, 0.2) is 24.3 Å². The molecule has 1 saturated carbocycles. The van der Waals surface area contributed by atoms with Gasteiger partial charge in [0, 0.05) is 25.1 Å². The largest absolute Gasteiger partial charge is 0.354 e. The molecule has 1 fully saturated rings. The standard InChI is InChI=1S/C18H27N3O4S/c1-14(22)20-16-9-6-10-17(13-16)21(26(2,24)25)12-11-19-18(23)15-7-4-3-5-8-15/h6,9-10,13,15H,3-5,7-8,11-12H2,1-2H3,(H,19,23)(H,20,22). The normalized spacial score (nSPS) is 15.3. The van der Waals surface area contributed by atoms with E-state index in [0.29, 0.717) is 11.4 Å². The highest BCUT2D eigenvalue weighted by Gasteiger charge is 2.22. The highest BCUT2D eigenvalue weighted by atomic mass is 32.2. The number of carbonyl (C=O) groups excluding carboxylic acids is 2. The Balaban J connectivity index is 2.02. The Bertz CT molecular complexity index is 743. The first-order chi connectivity index (χ1) is 12.3. The molecule has 2 amide bonds. The molecular weight excluding hydrogens is 354 g/mol. The van der Waals surface area contributed by atoms with Crippen molar-refractivity contribution >= 4 is 33.2 Å². The second kappa shape index (κ2) is 9.02. The van der Waals surface area contributed by atoms with Crippen molar-refractivity contribution in [1.29, 1.82) is 0 Å². The highest BCUT2D eigenvalue weighted by Crippen LogP contribution is 2.24. The Morgan fingerprint density at radius 3 is 2.50 bits per heavy atom. The maximum atomic E-state index is 12.2. The van der Waals surface area contributed by atoms with Crippen LogP contribution in [0, 0.1) is 5.92 Å². The van der Waals surface area contributed by atoms with E-state index in [1.165, 1.54) is 17.6 Å². The molecule has 1 aliphatic rings. The van der Waals surface area contributed by atoms with Gasteiger partial charge in [0.1, 0.15) is 0 Å². The zero-order valence-corrected chi connectivity index (χ0v) is 16.1. The molecule has 8 heteroatoms. The van der Waals surface area contributed by atoms with Gasteiger partial charge in [0.25, 0.3) is 0 Å². The fourth-order valence-corrected chi connectivity index (χ4v) is 4.14. The van der Waals surface area contributed by atoms with Gasteiger partial charge in [-0.2, -0.15) is 0 Å². The van der Waals surface area contributed by atoms with Crippen LogP contribution in [-0.4, -0.2) is 39.6 Å². The van der Waals surface area contributed by atoms with Crippen molar-refractivity contribution in [2.45, 2.75) is 39.0 Å². The van der Waals surface area contributed by atoms with Crippen molar-refractivity contribution in [3.8, 4) is 0 Å². The van der Waals surface area contributed by atoms with Crippen LogP contribution in [0.5, 0.6) is 0 Å². The first-order valence-corrected chi connectivity index (χ1v) is 10.8. The lowest BCUT2D eigenvalue weighted by Crippen LogP contribution is -2.40. The lowest BCUT2D eigenvalue weighted by Gasteiger charge is -2.25. The van der Waals surface area contributed by atoms with E-state index in [2.05, 4.69) is 10.6 Å². The number of carbonyl (C=O) groups is 2. The zero-order chi connectivity index (χ0) is 19.2. The van der Waals surface area contributed by atoms with E-state index in [1.54, 1.807) is 24.3 Å². The topological polar surface area (TPSA) is 95.6 Å². The minimum atomic E-state index is -3.52. The zero-order valence-electron chi connectivity index (χ0n) is 15.3. The van der Waals surface area contributed by atoms with Crippen LogP contribution in [0.25, 0.3) is 0 Å². The van der Waals surface area contributed by atoms with E-state index in [0.717, 1.165) is 31.9 Å². The number of rotatable bonds is 7. The van der Waals surface area contributed by atoms with E-state index in [1.807, 2.05) is 0 Å².